The van der Waals surface area contributed by atoms with Gasteiger partial charge in [-0.25, -0.2) is 0 Å². The largest absolute Gasteiger partial charge is 0.465 e. The van der Waals surface area contributed by atoms with Gasteiger partial charge in [-0.2, -0.15) is 0 Å². The number of hydrogen-bond acceptors (Lipinski definition) is 4. The second-order valence-corrected chi connectivity index (χ2v) is 7.85. The van der Waals surface area contributed by atoms with Crippen molar-refractivity contribution < 1.29 is 19.1 Å². The van der Waals surface area contributed by atoms with Crippen molar-refractivity contribution in [3.8, 4) is 0 Å². The van der Waals surface area contributed by atoms with Gasteiger partial charge in [0.05, 0.1) is 6.61 Å². The van der Waals surface area contributed by atoms with Crippen LogP contribution in [0.2, 0.25) is 0 Å². The van der Waals surface area contributed by atoms with Gasteiger partial charge < -0.3 is 15.0 Å². The third kappa shape index (κ3) is 7.02. The highest BCUT2D eigenvalue weighted by molar-refractivity contribution is 9.10. The molecular weight excluding hydrogens is 436 g/mol. The molecule has 0 bridgehead atoms. The molecule has 154 valence electrons. The van der Waals surface area contributed by atoms with Crippen molar-refractivity contribution in [2.24, 2.45) is 5.92 Å². The molecule has 0 aliphatic carbocycles. The maximum Gasteiger partial charge on any atom is 0.325 e. The summed E-state index contributed by atoms with van der Waals surface area (Å²) in [6.45, 7) is 6.25. The Morgan fingerprint density at radius 3 is 2.41 bits per heavy atom. The van der Waals surface area contributed by atoms with Crippen molar-refractivity contribution in [3.05, 3.63) is 64.1 Å². The van der Waals surface area contributed by atoms with Crippen LogP contribution in [0.5, 0.6) is 0 Å². The molecule has 1 N–H and O–H groups in total. The lowest BCUT2D eigenvalue weighted by Crippen LogP contribution is -2.39. The van der Waals surface area contributed by atoms with Gasteiger partial charge in [0, 0.05) is 27.8 Å². The van der Waals surface area contributed by atoms with Crippen molar-refractivity contribution in [1.82, 2.24) is 4.90 Å². The van der Waals surface area contributed by atoms with Gasteiger partial charge in [0.15, 0.2) is 0 Å². The lowest BCUT2D eigenvalue weighted by Gasteiger charge is -2.24. The average molecular weight is 461 g/mol. The molecule has 2 aromatic carbocycles. The van der Waals surface area contributed by atoms with Gasteiger partial charge in [-0.1, -0.05) is 41.9 Å². The van der Waals surface area contributed by atoms with E-state index in [0.29, 0.717) is 23.4 Å². The number of hydrogen-bond donors (Lipinski definition) is 1. The minimum atomic E-state index is -0.444. The maximum absolute atomic E-state index is 13.0. The van der Waals surface area contributed by atoms with Crippen LogP contribution in [-0.4, -0.2) is 42.4 Å². The van der Waals surface area contributed by atoms with Gasteiger partial charge in [0.25, 0.3) is 11.8 Å². The van der Waals surface area contributed by atoms with Crippen molar-refractivity contribution >= 4 is 39.4 Å². The molecule has 2 rings (SSSR count). The Morgan fingerprint density at radius 2 is 1.76 bits per heavy atom. The fourth-order valence-electron chi connectivity index (χ4n) is 2.77. The van der Waals surface area contributed by atoms with Crippen molar-refractivity contribution in [2.45, 2.75) is 20.8 Å². The predicted octanol–water partition coefficient (Wildman–Crippen LogP) is 4.36. The van der Waals surface area contributed by atoms with Gasteiger partial charge in [-0.05, 0) is 49.2 Å². The minimum Gasteiger partial charge on any atom is -0.465 e. The van der Waals surface area contributed by atoms with E-state index in [1.807, 2.05) is 19.9 Å². The molecule has 0 spiro atoms. The zero-order valence-corrected chi connectivity index (χ0v) is 18.4. The number of nitrogens with zero attached hydrogens (tertiary/aromatic N) is 1. The fourth-order valence-corrected chi connectivity index (χ4v) is 3.17. The summed E-state index contributed by atoms with van der Waals surface area (Å²) in [5.74, 6) is -0.819. The van der Waals surface area contributed by atoms with Crippen molar-refractivity contribution in [3.63, 3.8) is 0 Å². The normalized spacial score (nSPS) is 10.5. The number of benzene rings is 2. The Balaban J connectivity index is 2.17. The van der Waals surface area contributed by atoms with E-state index in [1.165, 1.54) is 4.90 Å². The van der Waals surface area contributed by atoms with Crippen LogP contribution in [0.25, 0.3) is 0 Å². The molecule has 0 aromatic heterocycles. The SMILES string of the molecule is CCOC(=O)CN(CC(C)C)C(=O)c1cccc(NC(=O)c2cccc(Br)c2)c1. The number of anilines is 1. The Labute approximate surface area is 179 Å². The molecule has 0 heterocycles. The maximum atomic E-state index is 13.0. The summed E-state index contributed by atoms with van der Waals surface area (Å²) >= 11 is 3.34. The summed E-state index contributed by atoms with van der Waals surface area (Å²) in [4.78, 5) is 38.8. The van der Waals surface area contributed by atoms with Crippen LogP contribution in [0.4, 0.5) is 5.69 Å². The van der Waals surface area contributed by atoms with Gasteiger partial charge in [-0.15, -0.1) is 0 Å². The Hall–Kier alpha value is -2.67. The van der Waals surface area contributed by atoms with Gasteiger partial charge in [-0.3, -0.25) is 14.4 Å². The number of esters is 1. The molecule has 0 saturated carbocycles. The lowest BCUT2D eigenvalue weighted by atomic mass is 10.1. The highest BCUT2D eigenvalue weighted by Gasteiger charge is 2.21. The Morgan fingerprint density at radius 1 is 1.07 bits per heavy atom. The molecule has 2 aromatic rings. The van der Waals surface area contributed by atoms with E-state index in [1.54, 1.807) is 49.4 Å². The van der Waals surface area contributed by atoms with E-state index < -0.39 is 5.97 Å². The molecule has 0 unspecified atom stereocenters. The van der Waals surface area contributed by atoms with Crippen LogP contribution < -0.4 is 5.32 Å². The third-order valence-electron chi connectivity index (χ3n) is 3.95. The average Bonchev–Trinajstić information content (AvgIpc) is 2.67. The molecule has 0 fully saturated rings. The van der Waals surface area contributed by atoms with Crippen molar-refractivity contribution in [2.75, 3.05) is 25.0 Å². The van der Waals surface area contributed by atoms with Crippen LogP contribution >= 0.6 is 15.9 Å². The lowest BCUT2D eigenvalue weighted by molar-refractivity contribution is -0.143. The first-order valence-corrected chi connectivity index (χ1v) is 10.2. The molecule has 0 atom stereocenters. The highest BCUT2D eigenvalue weighted by Crippen LogP contribution is 2.17. The number of amides is 2. The number of ether oxygens (including phenoxy) is 1. The summed E-state index contributed by atoms with van der Waals surface area (Å²) in [6.07, 6.45) is 0. The number of rotatable bonds is 8. The van der Waals surface area contributed by atoms with Crippen LogP contribution in [0.1, 0.15) is 41.5 Å². The van der Waals surface area contributed by atoms with Gasteiger partial charge in [0.2, 0.25) is 0 Å². The van der Waals surface area contributed by atoms with Gasteiger partial charge in [0.1, 0.15) is 6.54 Å². The van der Waals surface area contributed by atoms with Crippen molar-refractivity contribution in [1.29, 1.82) is 0 Å². The summed E-state index contributed by atoms with van der Waals surface area (Å²) in [5, 5.41) is 2.80. The molecule has 6 nitrogen and oxygen atoms in total. The minimum absolute atomic E-state index is 0.112. The van der Waals surface area contributed by atoms with E-state index in [-0.39, 0.29) is 30.9 Å². The Bertz CT molecular complexity index is 883. The number of carbonyl (C=O) groups is 3. The zero-order chi connectivity index (χ0) is 21.4. The predicted molar refractivity (Wildman–Crippen MR) is 116 cm³/mol. The topological polar surface area (TPSA) is 75.7 Å². The van der Waals surface area contributed by atoms with E-state index in [2.05, 4.69) is 21.2 Å². The van der Waals surface area contributed by atoms with Gasteiger partial charge >= 0.3 is 5.97 Å². The Kier molecular flexibility index (Phi) is 8.39. The summed E-state index contributed by atoms with van der Waals surface area (Å²) < 4.78 is 5.78. The number of halogens is 1. The zero-order valence-electron chi connectivity index (χ0n) is 16.8. The first-order valence-electron chi connectivity index (χ1n) is 9.42. The molecule has 2 amide bonds. The molecule has 0 saturated heterocycles. The summed E-state index contributed by atoms with van der Waals surface area (Å²) in [6, 6.07) is 13.7. The van der Waals surface area contributed by atoms with Crippen LogP contribution in [0, 0.1) is 5.92 Å². The second kappa shape index (κ2) is 10.8. The van der Waals surface area contributed by atoms with E-state index in [9.17, 15) is 14.4 Å². The summed E-state index contributed by atoms with van der Waals surface area (Å²) in [7, 11) is 0. The first-order chi connectivity index (χ1) is 13.8. The molecule has 29 heavy (non-hydrogen) atoms. The second-order valence-electron chi connectivity index (χ2n) is 6.93. The van der Waals surface area contributed by atoms with E-state index in [4.69, 9.17) is 4.74 Å². The van der Waals surface area contributed by atoms with Crippen LogP contribution in [0.15, 0.2) is 53.0 Å². The quantitative estimate of drug-likeness (QED) is 0.593. The van der Waals surface area contributed by atoms with Crippen LogP contribution in [0.3, 0.4) is 0 Å². The summed E-state index contributed by atoms with van der Waals surface area (Å²) in [5.41, 5.74) is 1.39. The first kappa shape index (κ1) is 22.6. The monoisotopic (exact) mass is 460 g/mol. The molecule has 7 heteroatoms. The molecule has 0 aliphatic rings. The standard InChI is InChI=1S/C22H25BrN2O4/c1-4-29-20(26)14-25(13-15(2)3)22(28)17-8-6-10-19(12-17)24-21(27)16-7-5-9-18(23)11-16/h5-12,15H,4,13-14H2,1-3H3,(H,24,27). The molecule has 0 aliphatic heterocycles. The number of carbonyl (C=O) groups excluding carboxylic acids is 3. The molecule has 0 radical (unpaired) electrons. The van der Waals surface area contributed by atoms with E-state index >= 15 is 0 Å². The third-order valence-corrected chi connectivity index (χ3v) is 4.45. The molecular formula is C22H25BrN2O4. The fraction of sp³-hybridized carbons (Fsp3) is 0.318. The van der Waals surface area contributed by atoms with E-state index in [0.717, 1.165) is 4.47 Å². The smallest absolute Gasteiger partial charge is 0.325 e. The number of nitrogens with one attached hydrogen (secondary N) is 1. The highest BCUT2D eigenvalue weighted by atomic mass is 79.9. The van der Waals surface area contributed by atoms with Crippen LogP contribution in [-0.2, 0) is 9.53 Å².